The Balaban J connectivity index is 1.85. The van der Waals surface area contributed by atoms with Gasteiger partial charge in [-0.05, 0) is 42.9 Å². The minimum Gasteiger partial charge on any atom is -0.378 e. The number of morpholine rings is 1. The van der Waals surface area contributed by atoms with Crippen LogP contribution in [0.4, 0.5) is 5.82 Å². The first kappa shape index (κ1) is 14.9. The van der Waals surface area contributed by atoms with Gasteiger partial charge in [-0.2, -0.15) is 9.97 Å². The molecule has 4 rings (SSSR count). The summed E-state index contributed by atoms with van der Waals surface area (Å²) in [5, 5.41) is 0.270. The van der Waals surface area contributed by atoms with Gasteiger partial charge in [-0.1, -0.05) is 6.08 Å². The lowest BCUT2D eigenvalue weighted by atomic mass is 9.99. The summed E-state index contributed by atoms with van der Waals surface area (Å²) in [6, 6.07) is 0. The summed E-state index contributed by atoms with van der Waals surface area (Å²) in [6.07, 6.45) is 6.98. The van der Waals surface area contributed by atoms with Crippen LogP contribution in [0.1, 0.15) is 31.5 Å². The number of anilines is 1. The molecule has 0 unspecified atom stereocenters. The highest BCUT2D eigenvalue weighted by molar-refractivity contribution is 6.28. The number of ether oxygens (including phenoxy) is 1. The van der Waals surface area contributed by atoms with Gasteiger partial charge in [0.1, 0.15) is 5.82 Å². The molecule has 23 heavy (non-hydrogen) atoms. The molecule has 3 heterocycles. The van der Waals surface area contributed by atoms with Crippen molar-refractivity contribution in [1.29, 1.82) is 0 Å². The van der Waals surface area contributed by atoms with Crippen molar-refractivity contribution in [3.05, 3.63) is 17.2 Å². The van der Waals surface area contributed by atoms with Crippen LogP contribution in [0.2, 0.25) is 5.28 Å². The summed E-state index contributed by atoms with van der Waals surface area (Å²) in [6.45, 7) is 3.01. The van der Waals surface area contributed by atoms with Crippen molar-refractivity contribution in [2.24, 2.45) is 7.05 Å². The summed E-state index contributed by atoms with van der Waals surface area (Å²) in [7, 11) is 2.01. The molecule has 0 radical (unpaired) electrons. The standard InChI is InChI=1S/C16H20ClN5O/c1-21-13(11-5-3-2-4-6-11)18-12-14(21)19-16(17)20-15(12)22-7-9-23-10-8-22/h5H,2-4,6-10H2,1H3. The lowest BCUT2D eigenvalue weighted by molar-refractivity contribution is 0.122. The molecule has 0 saturated carbocycles. The Labute approximate surface area is 140 Å². The van der Waals surface area contributed by atoms with Crippen molar-refractivity contribution in [3.63, 3.8) is 0 Å². The van der Waals surface area contributed by atoms with Gasteiger partial charge in [0.25, 0.3) is 0 Å². The summed E-state index contributed by atoms with van der Waals surface area (Å²) in [5.74, 6) is 1.81. The highest BCUT2D eigenvalue weighted by Crippen LogP contribution is 2.31. The molecule has 6 nitrogen and oxygen atoms in total. The van der Waals surface area contributed by atoms with E-state index >= 15 is 0 Å². The highest BCUT2D eigenvalue weighted by atomic mass is 35.5. The number of imidazole rings is 1. The Morgan fingerprint density at radius 3 is 2.70 bits per heavy atom. The number of halogens is 1. The van der Waals surface area contributed by atoms with Crippen LogP contribution in [-0.2, 0) is 11.8 Å². The van der Waals surface area contributed by atoms with Gasteiger partial charge in [-0.15, -0.1) is 0 Å². The second-order valence-corrected chi connectivity index (χ2v) is 6.40. The van der Waals surface area contributed by atoms with Crippen LogP contribution in [-0.4, -0.2) is 45.8 Å². The maximum atomic E-state index is 6.17. The monoisotopic (exact) mass is 333 g/mol. The zero-order chi connectivity index (χ0) is 15.8. The summed E-state index contributed by atoms with van der Waals surface area (Å²) in [5.41, 5.74) is 2.94. The maximum absolute atomic E-state index is 6.17. The van der Waals surface area contributed by atoms with Crippen LogP contribution in [0, 0.1) is 0 Å². The molecule has 1 aliphatic carbocycles. The van der Waals surface area contributed by atoms with Gasteiger partial charge in [0.05, 0.1) is 13.2 Å². The van der Waals surface area contributed by atoms with E-state index in [1.165, 1.54) is 18.4 Å². The smallest absolute Gasteiger partial charge is 0.226 e. The van der Waals surface area contributed by atoms with E-state index in [1.807, 2.05) is 11.6 Å². The van der Waals surface area contributed by atoms with Crippen molar-refractivity contribution in [1.82, 2.24) is 19.5 Å². The molecule has 2 aromatic heterocycles. The zero-order valence-corrected chi connectivity index (χ0v) is 14.0. The van der Waals surface area contributed by atoms with Crippen LogP contribution in [0.5, 0.6) is 0 Å². The molecule has 7 heteroatoms. The molecule has 0 spiro atoms. The van der Waals surface area contributed by atoms with Crippen LogP contribution in [0.25, 0.3) is 16.7 Å². The first-order chi connectivity index (χ1) is 11.2. The van der Waals surface area contributed by atoms with Gasteiger partial charge in [-0.25, -0.2) is 4.98 Å². The van der Waals surface area contributed by atoms with Crippen LogP contribution >= 0.6 is 11.6 Å². The quantitative estimate of drug-likeness (QED) is 0.791. The third-order valence-corrected chi connectivity index (χ3v) is 4.73. The van der Waals surface area contributed by atoms with E-state index in [9.17, 15) is 0 Å². The van der Waals surface area contributed by atoms with Crippen molar-refractivity contribution in [2.75, 3.05) is 31.2 Å². The van der Waals surface area contributed by atoms with Crippen molar-refractivity contribution in [3.8, 4) is 0 Å². The van der Waals surface area contributed by atoms with Crippen molar-refractivity contribution >= 4 is 34.2 Å². The molecule has 2 aromatic rings. The Bertz CT molecular complexity index is 763. The number of rotatable bonds is 2. The molecular formula is C16H20ClN5O. The van der Waals surface area contributed by atoms with Crippen LogP contribution in [0.3, 0.4) is 0 Å². The van der Waals surface area contributed by atoms with Gasteiger partial charge in [0, 0.05) is 20.1 Å². The fourth-order valence-electron chi connectivity index (χ4n) is 3.34. The minimum absolute atomic E-state index is 0.270. The first-order valence-corrected chi connectivity index (χ1v) is 8.54. The maximum Gasteiger partial charge on any atom is 0.226 e. The topological polar surface area (TPSA) is 56.1 Å². The normalized spacial score (nSPS) is 19.2. The van der Waals surface area contributed by atoms with E-state index in [1.54, 1.807) is 0 Å². The van der Waals surface area contributed by atoms with E-state index in [4.69, 9.17) is 21.3 Å². The number of hydrogen-bond acceptors (Lipinski definition) is 5. The first-order valence-electron chi connectivity index (χ1n) is 8.16. The summed E-state index contributed by atoms with van der Waals surface area (Å²) < 4.78 is 7.48. The molecule has 1 aliphatic heterocycles. The third-order valence-electron chi connectivity index (χ3n) is 4.56. The van der Waals surface area contributed by atoms with E-state index in [0.29, 0.717) is 13.2 Å². The van der Waals surface area contributed by atoms with Crippen molar-refractivity contribution < 1.29 is 4.74 Å². The third kappa shape index (κ3) is 2.70. The Kier molecular flexibility index (Phi) is 3.95. The van der Waals surface area contributed by atoms with Gasteiger partial charge < -0.3 is 14.2 Å². The molecule has 0 N–H and O–H groups in total. The molecule has 0 amide bonds. The van der Waals surface area contributed by atoms with E-state index in [2.05, 4.69) is 20.9 Å². The molecule has 0 atom stereocenters. The van der Waals surface area contributed by atoms with Crippen LogP contribution < -0.4 is 4.90 Å². The molecule has 0 bridgehead atoms. The predicted molar refractivity (Wildman–Crippen MR) is 90.8 cm³/mol. The SMILES string of the molecule is Cn1c(C2=CCCCC2)nc2c(N3CCOCC3)nc(Cl)nc21. The Hall–Kier alpha value is -1.66. The Morgan fingerprint density at radius 1 is 1.13 bits per heavy atom. The van der Waals surface area contributed by atoms with Crippen molar-refractivity contribution in [2.45, 2.75) is 25.7 Å². The summed E-state index contributed by atoms with van der Waals surface area (Å²) >= 11 is 6.17. The fraction of sp³-hybridized carbons (Fsp3) is 0.562. The zero-order valence-electron chi connectivity index (χ0n) is 13.3. The van der Waals surface area contributed by atoms with E-state index in [0.717, 1.165) is 48.7 Å². The van der Waals surface area contributed by atoms with Gasteiger partial charge >= 0.3 is 0 Å². The van der Waals surface area contributed by atoms with Crippen LogP contribution in [0.15, 0.2) is 6.08 Å². The number of hydrogen-bond donors (Lipinski definition) is 0. The van der Waals surface area contributed by atoms with E-state index in [-0.39, 0.29) is 5.28 Å². The number of aromatic nitrogens is 4. The minimum atomic E-state index is 0.270. The highest BCUT2D eigenvalue weighted by Gasteiger charge is 2.23. The average Bonchev–Trinajstić information content (AvgIpc) is 2.93. The molecule has 0 aromatic carbocycles. The van der Waals surface area contributed by atoms with Gasteiger partial charge in [-0.3, -0.25) is 0 Å². The number of nitrogens with zero attached hydrogens (tertiary/aromatic N) is 5. The number of fused-ring (bicyclic) bond motifs is 1. The predicted octanol–water partition coefficient (Wildman–Crippen LogP) is 2.81. The molecule has 1 saturated heterocycles. The lowest BCUT2D eigenvalue weighted by Gasteiger charge is -2.27. The molecule has 122 valence electrons. The number of allylic oxidation sites excluding steroid dienone is 2. The Morgan fingerprint density at radius 2 is 1.96 bits per heavy atom. The van der Waals surface area contributed by atoms with Gasteiger partial charge in [0.2, 0.25) is 5.28 Å². The average molecular weight is 334 g/mol. The molecule has 1 fully saturated rings. The van der Waals surface area contributed by atoms with Gasteiger partial charge in [0.15, 0.2) is 17.0 Å². The second-order valence-electron chi connectivity index (χ2n) is 6.06. The lowest BCUT2D eigenvalue weighted by Crippen LogP contribution is -2.37. The molecule has 2 aliphatic rings. The fourth-order valence-corrected chi connectivity index (χ4v) is 3.50. The van der Waals surface area contributed by atoms with E-state index < -0.39 is 0 Å². The second kappa shape index (κ2) is 6.09. The molecular weight excluding hydrogens is 314 g/mol. The number of aryl methyl sites for hydroxylation is 1. The largest absolute Gasteiger partial charge is 0.378 e. The summed E-state index contributed by atoms with van der Waals surface area (Å²) in [4.78, 5) is 15.9.